The van der Waals surface area contributed by atoms with Crippen molar-refractivity contribution in [2.75, 3.05) is 20.1 Å². The van der Waals surface area contributed by atoms with Crippen molar-refractivity contribution >= 4 is 6.03 Å². The minimum atomic E-state index is -0.155. The second-order valence-corrected chi connectivity index (χ2v) is 5.27. The minimum absolute atomic E-state index is 0.0365. The third-order valence-electron chi connectivity index (χ3n) is 2.66. The van der Waals surface area contributed by atoms with Gasteiger partial charge in [0.1, 0.15) is 0 Å². The molecule has 1 aliphatic rings. The van der Waals surface area contributed by atoms with Gasteiger partial charge in [0.05, 0.1) is 0 Å². The summed E-state index contributed by atoms with van der Waals surface area (Å²) in [6, 6.07) is 0.419. The van der Waals surface area contributed by atoms with Gasteiger partial charge >= 0.3 is 6.03 Å². The molecule has 0 aromatic heterocycles. The monoisotopic (exact) mass is 213 g/mol. The number of carbonyl (C=O) groups excluding carboxylic acids is 1. The Balaban J connectivity index is 2.44. The lowest BCUT2D eigenvalue weighted by Crippen LogP contribution is -2.52. The van der Waals surface area contributed by atoms with Crippen LogP contribution in [0.4, 0.5) is 4.79 Å². The predicted molar refractivity (Wildman–Crippen MR) is 61.9 cm³/mol. The number of rotatable bonds is 1. The first-order valence-electron chi connectivity index (χ1n) is 5.66. The lowest BCUT2D eigenvalue weighted by atomic mass is 10.1. The summed E-state index contributed by atoms with van der Waals surface area (Å²) < 4.78 is 0. The molecule has 4 nitrogen and oxygen atoms in total. The topological polar surface area (TPSA) is 44.4 Å². The average Bonchev–Trinajstić information content (AvgIpc) is 2.15. The fourth-order valence-corrected chi connectivity index (χ4v) is 1.77. The summed E-state index contributed by atoms with van der Waals surface area (Å²) in [5, 5.41) is 6.28. The maximum absolute atomic E-state index is 11.9. The van der Waals surface area contributed by atoms with E-state index in [0.717, 1.165) is 25.9 Å². The Hall–Kier alpha value is -0.770. The molecule has 0 radical (unpaired) electrons. The van der Waals surface area contributed by atoms with Gasteiger partial charge in [0.15, 0.2) is 0 Å². The molecule has 0 saturated carbocycles. The zero-order chi connectivity index (χ0) is 11.5. The molecule has 1 rings (SSSR count). The summed E-state index contributed by atoms with van der Waals surface area (Å²) in [7, 11) is 1.89. The van der Waals surface area contributed by atoms with Crippen LogP contribution in [0.3, 0.4) is 0 Å². The highest BCUT2D eigenvalue weighted by Gasteiger charge is 2.24. The second kappa shape index (κ2) is 4.84. The molecule has 1 saturated heterocycles. The fourth-order valence-electron chi connectivity index (χ4n) is 1.77. The Morgan fingerprint density at radius 2 is 1.87 bits per heavy atom. The van der Waals surface area contributed by atoms with Crippen LogP contribution in [0, 0.1) is 0 Å². The Morgan fingerprint density at radius 1 is 1.33 bits per heavy atom. The predicted octanol–water partition coefficient (Wildman–Crippen LogP) is 1.18. The van der Waals surface area contributed by atoms with Crippen molar-refractivity contribution in [1.82, 2.24) is 15.5 Å². The van der Waals surface area contributed by atoms with Gasteiger partial charge in [0.2, 0.25) is 0 Å². The molecule has 0 aliphatic carbocycles. The van der Waals surface area contributed by atoms with E-state index in [1.165, 1.54) is 0 Å². The zero-order valence-corrected chi connectivity index (χ0v) is 10.3. The third-order valence-corrected chi connectivity index (χ3v) is 2.66. The van der Waals surface area contributed by atoms with Gasteiger partial charge in [0.25, 0.3) is 0 Å². The van der Waals surface area contributed by atoms with Crippen molar-refractivity contribution < 1.29 is 4.79 Å². The quantitative estimate of drug-likeness (QED) is 0.687. The van der Waals surface area contributed by atoms with E-state index in [0.29, 0.717) is 6.04 Å². The molecule has 1 fully saturated rings. The highest BCUT2D eigenvalue weighted by molar-refractivity contribution is 5.75. The zero-order valence-electron chi connectivity index (χ0n) is 10.3. The van der Waals surface area contributed by atoms with Crippen molar-refractivity contribution in [2.45, 2.75) is 45.2 Å². The summed E-state index contributed by atoms with van der Waals surface area (Å²) in [5.41, 5.74) is -0.155. The number of carbonyl (C=O) groups is 1. The molecule has 1 heterocycles. The summed E-state index contributed by atoms with van der Waals surface area (Å²) >= 11 is 0. The summed E-state index contributed by atoms with van der Waals surface area (Å²) in [5.74, 6) is 0. The van der Waals surface area contributed by atoms with Crippen LogP contribution < -0.4 is 10.6 Å². The van der Waals surface area contributed by atoms with Gasteiger partial charge in [-0.25, -0.2) is 4.79 Å². The maximum Gasteiger partial charge on any atom is 0.317 e. The van der Waals surface area contributed by atoms with Crippen molar-refractivity contribution in [1.29, 1.82) is 0 Å². The van der Waals surface area contributed by atoms with E-state index in [-0.39, 0.29) is 11.6 Å². The van der Waals surface area contributed by atoms with Crippen molar-refractivity contribution in [3.8, 4) is 0 Å². The van der Waals surface area contributed by atoms with Gasteiger partial charge < -0.3 is 15.5 Å². The third kappa shape index (κ3) is 4.08. The van der Waals surface area contributed by atoms with Crippen molar-refractivity contribution in [3.05, 3.63) is 0 Å². The lowest BCUT2D eigenvalue weighted by Gasteiger charge is -2.34. The van der Waals surface area contributed by atoms with Crippen LogP contribution in [0.15, 0.2) is 0 Å². The highest BCUT2D eigenvalue weighted by Crippen LogP contribution is 2.11. The Kier molecular flexibility index (Phi) is 3.97. The SMILES string of the molecule is CN(C(=O)NC(C)(C)C)C1CCNCC1. The van der Waals surface area contributed by atoms with Crippen LogP contribution >= 0.6 is 0 Å². The first kappa shape index (κ1) is 12.3. The van der Waals surface area contributed by atoms with Crippen molar-refractivity contribution in [2.24, 2.45) is 0 Å². The molecule has 15 heavy (non-hydrogen) atoms. The van der Waals surface area contributed by atoms with Crippen LogP contribution in [-0.2, 0) is 0 Å². The summed E-state index contributed by atoms with van der Waals surface area (Å²) in [6.07, 6.45) is 2.10. The number of hydrogen-bond acceptors (Lipinski definition) is 2. The van der Waals surface area contributed by atoms with Gasteiger partial charge in [-0.3, -0.25) is 0 Å². The van der Waals surface area contributed by atoms with Crippen LogP contribution in [-0.4, -0.2) is 42.6 Å². The minimum Gasteiger partial charge on any atom is -0.333 e. The molecule has 0 spiro atoms. The van der Waals surface area contributed by atoms with E-state index in [4.69, 9.17) is 0 Å². The lowest BCUT2D eigenvalue weighted by molar-refractivity contribution is 0.169. The van der Waals surface area contributed by atoms with E-state index in [2.05, 4.69) is 10.6 Å². The van der Waals surface area contributed by atoms with Crippen LogP contribution in [0.25, 0.3) is 0 Å². The van der Waals surface area contributed by atoms with E-state index < -0.39 is 0 Å². The fraction of sp³-hybridized carbons (Fsp3) is 0.909. The number of piperidine rings is 1. The Morgan fingerprint density at radius 3 is 2.33 bits per heavy atom. The number of urea groups is 1. The first-order valence-corrected chi connectivity index (χ1v) is 5.66. The largest absolute Gasteiger partial charge is 0.333 e. The van der Waals surface area contributed by atoms with Crippen LogP contribution in [0.5, 0.6) is 0 Å². The Labute approximate surface area is 92.4 Å². The van der Waals surface area contributed by atoms with E-state index in [1.807, 2.05) is 32.7 Å². The highest BCUT2D eigenvalue weighted by atomic mass is 16.2. The molecule has 0 atom stereocenters. The second-order valence-electron chi connectivity index (χ2n) is 5.27. The van der Waals surface area contributed by atoms with Gasteiger partial charge in [-0.2, -0.15) is 0 Å². The number of nitrogens with zero attached hydrogens (tertiary/aromatic N) is 1. The van der Waals surface area contributed by atoms with Gasteiger partial charge in [-0.15, -0.1) is 0 Å². The van der Waals surface area contributed by atoms with Gasteiger partial charge in [-0.05, 0) is 46.7 Å². The van der Waals surface area contributed by atoms with E-state index in [9.17, 15) is 4.79 Å². The average molecular weight is 213 g/mol. The van der Waals surface area contributed by atoms with E-state index >= 15 is 0 Å². The summed E-state index contributed by atoms with van der Waals surface area (Å²) in [4.78, 5) is 13.7. The molecular weight excluding hydrogens is 190 g/mol. The van der Waals surface area contributed by atoms with Crippen molar-refractivity contribution in [3.63, 3.8) is 0 Å². The number of nitrogens with one attached hydrogen (secondary N) is 2. The molecule has 1 aliphatic heterocycles. The molecule has 2 amide bonds. The molecule has 88 valence electrons. The number of hydrogen-bond donors (Lipinski definition) is 2. The number of amides is 2. The van der Waals surface area contributed by atoms with Crippen LogP contribution in [0.1, 0.15) is 33.6 Å². The Bertz CT molecular complexity index is 216. The molecule has 2 N–H and O–H groups in total. The van der Waals surface area contributed by atoms with Crippen LogP contribution in [0.2, 0.25) is 0 Å². The molecule has 0 aromatic carbocycles. The normalized spacial score (nSPS) is 18.7. The molecular formula is C11H23N3O. The molecule has 0 bridgehead atoms. The van der Waals surface area contributed by atoms with E-state index in [1.54, 1.807) is 0 Å². The van der Waals surface area contributed by atoms with Gasteiger partial charge in [-0.1, -0.05) is 0 Å². The molecule has 4 heteroatoms. The molecule has 0 aromatic rings. The van der Waals surface area contributed by atoms with Gasteiger partial charge in [0, 0.05) is 18.6 Å². The first-order chi connectivity index (χ1) is 6.90. The smallest absolute Gasteiger partial charge is 0.317 e. The molecule has 0 unspecified atom stereocenters. The standard InChI is InChI=1S/C11H23N3O/c1-11(2,3)13-10(15)14(4)9-5-7-12-8-6-9/h9,12H,5-8H2,1-4H3,(H,13,15). The maximum atomic E-state index is 11.9. The summed E-state index contributed by atoms with van der Waals surface area (Å²) in [6.45, 7) is 8.03.